The average molecular weight is 246 g/mol. The summed E-state index contributed by atoms with van der Waals surface area (Å²) in [6, 6.07) is 10.9. The first-order valence-corrected chi connectivity index (χ1v) is 6.66. The number of hydrogen-bond donors (Lipinski definition) is 2. The number of hydrogen-bond acceptors (Lipinski definition) is 2. The van der Waals surface area contributed by atoms with Gasteiger partial charge in [0.2, 0.25) is 5.91 Å². The van der Waals surface area contributed by atoms with Gasteiger partial charge in [-0.15, -0.1) is 0 Å². The second kappa shape index (κ2) is 5.53. The van der Waals surface area contributed by atoms with Crippen molar-refractivity contribution in [3.63, 3.8) is 0 Å². The van der Waals surface area contributed by atoms with Crippen molar-refractivity contribution in [3.8, 4) is 0 Å². The predicted octanol–water partition coefficient (Wildman–Crippen LogP) is 1.83. The summed E-state index contributed by atoms with van der Waals surface area (Å²) in [6.45, 7) is 3.17. The first-order valence-electron chi connectivity index (χ1n) is 6.66. The van der Waals surface area contributed by atoms with Crippen LogP contribution < -0.4 is 10.6 Å². The first-order chi connectivity index (χ1) is 8.66. The highest BCUT2D eigenvalue weighted by molar-refractivity contribution is 5.77. The van der Waals surface area contributed by atoms with Gasteiger partial charge in [0, 0.05) is 24.9 Å². The van der Waals surface area contributed by atoms with E-state index in [1.807, 2.05) is 6.07 Å². The lowest BCUT2D eigenvalue weighted by atomic mass is 9.69. The van der Waals surface area contributed by atoms with E-state index in [9.17, 15) is 4.79 Å². The summed E-state index contributed by atoms with van der Waals surface area (Å²) in [5.41, 5.74) is 1.29. The van der Waals surface area contributed by atoms with Gasteiger partial charge in [-0.05, 0) is 31.9 Å². The fourth-order valence-electron chi connectivity index (χ4n) is 3.03. The molecule has 2 unspecified atom stereocenters. The number of carbonyl (C=O) groups is 1. The average Bonchev–Trinajstić information content (AvgIpc) is 2.39. The molecule has 0 aliphatic carbocycles. The molecular formula is C15H22N2O. The Labute approximate surface area is 109 Å². The van der Waals surface area contributed by atoms with Crippen LogP contribution in [-0.2, 0) is 10.2 Å². The van der Waals surface area contributed by atoms with Crippen LogP contribution in [0.5, 0.6) is 0 Å². The van der Waals surface area contributed by atoms with E-state index in [0.717, 1.165) is 19.4 Å². The molecule has 0 aromatic heterocycles. The van der Waals surface area contributed by atoms with Crippen LogP contribution in [0, 0.1) is 0 Å². The number of carbonyl (C=O) groups excluding carboxylic acids is 1. The van der Waals surface area contributed by atoms with E-state index < -0.39 is 0 Å². The van der Waals surface area contributed by atoms with E-state index in [-0.39, 0.29) is 11.3 Å². The monoisotopic (exact) mass is 246 g/mol. The molecule has 1 saturated heterocycles. The molecule has 1 amide bonds. The van der Waals surface area contributed by atoms with E-state index in [0.29, 0.717) is 12.5 Å². The third kappa shape index (κ3) is 2.72. The Balaban J connectivity index is 2.30. The van der Waals surface area contributed by atoms with E-state index in [1.54, 1.807) is 7.05 Å². The smallest absolute Gasteiger partial charge is 0.220 e. The van der Waals surface area contributed by atoms with Crippen molar-refractivity contribution in [1.82, 2.24) is 10.6 Å². The second-order valence-electron chi connectivity index (χ2n) is 5.31. The minimum absolute atomic E-state index is 0.00792. The van der Waals surface area contributed by atoms with Crippen molar-refractivity contribution in [2.24, 2.45) is 0 Å². The van der Waals surface area contributed by atoms with Crippen molar-refractivity contribution >= 4 is 5.91 Å². The lowest BCUT2D eigenvalue weighted by Crippen LogP contribution is -2.47. The zero-order chi connectivity index (χ0) is 13.0. The third-order valence-corrected chi connectivity index (χ3v) is 3.96. The summed E-state index contributed by atoms with van der Waals surface area (Å²) < 4.78 is 0. The highest BCUT2D eigenvalue weighted by atomic mass is 16.1. The molecule has 1 aromatic rings. The summed E-state index contributed by atoms with van der Waals surface area (Å²) >= 11 is 0. The summed E-state index contributed by atoms with van der Waals surface area (Å²) in [6.07, 6.45) is 2.62. The maximum absolute atomic E-state index is 11.8. The molecule has 0 bridgehead atoms. The van der Waals surface area contributed by atoms with E-state index >= 15 is 0 Å². The predicted molar refractivity (Wildman–Crippen MR) is 73.5 cm³/mol. The third-order valence-electron chi connectivity index (χ3n) is 3.96. The topological polar surface area (TPSA) is 41.1 Å². The van der Waals surface area contributed by atoms with Crippen LogP contribution in [0.1, 0.15) is 31.7 Å². The van der Waals surface area contributed by atoms with Crippen molar-refractivity contribution in [3.05, 3.63) is 35.9 Å². The van der Waals surface area contributed by atoms with E-state index in [1.165, 1.54) is 5.56 Å². The molecule has 98 valence electrons. The molecular weight excluding hydrogens is 224 g/mol. The molecule has 1 aliphatic rings. The Morgan fingerprint density at radius 1 is 1.44 bits per heavy atom. The molecule has 2 N–H and O–H groups in total. The van der Waals surface area contributed by atoms with Gasteiger partial charge in [0.1, 0.15) is 0 Å². The lowest BCUT2D eigenvalue weighted by Gasteiger charge is -2.40. The minimum Gasteiger partial charge on any atom is -0.359 e. The summed E-state index contributed by atoms with van der Waals surface area (Å²) in [5.74, 6) is 0.132. The van der Waals surface area contributed by atoms with Crippen LogP contribution in [0.2, 0.25) is 0 Å². The largest absolute Gasteiger partial charge is 0.359 e. The second-order valence-corrected chi connectivity index (χ2v) is 5.31. The Hall–Kier alpha value is -1.35. The summed E-state index contributed by atoms with van der Waals surface area (Å²) in [5, 5.41) is 6.23. The highest BCUT2D eigenvalue weighted by Crippen LogP contribution is 2.38. The normalized spacial score (nSPS) is 27.8. The minimum atomic E-state index is -0.00792. The van der Waals surface area contributed by atoms with E-state index in [4.69, 9.17) is 0 Å². The van der Waals surface area contributed by atoms with Gasteiger partial charge in [-0.2, -0.15) is 0 Å². The Kier molecular flexibility index (Phi) is 4.02. The number of nitrogens with one attached hydrogen (secondary N) is 2. The van der Waals surface area contributed by atoms with E-state index in [2.05, 4.69) is 41.8 Å². The van der Waals surface area contributed by atoms with Gasteiger partial charge in [-0.25, -0.2) is 0 Å². The van der Waals surface area contributed by atoms with Gasteiger partial charge in [0.15, 0.2) is 0 Å². The molecule has 3 nitrogen and oxygen atoms in total. The molecule has 2 atom stereocenters. The van der Waals surface area contributed by atoms with Gasteiger partial charge < -0.3 is 10.6 Å². The molecule has 1 fully saturated rings. The Morgan fingerprint density at radius 3 is 2.78 bits per heavy atom. The Bertz CT molecular complexity index is 404. The molecule has 3 heteroatoms. The van der Waals surface area contributed by atoms with Crippen molar-refractivity contribution in [1.29, 1.82) is 0 Å². The number of rotatable bonds is 3. The standard InChI is InChI=1S/C15H22N2O/c1-12-10-15(8-9-17-12,11-14(18)16-2)13-6-4-3-5-7-13/h3-7,12,17H,8-11H2,1-2H3,(H,16,18). The van der Waals surface area contributed by atoms with Gasteiger partial charge in [-0.3, -0.25) is 4.79 Å². The van der Waals surface area contributed by atoms with Gasteiger partial charge in [0.25, 0.3) is 0 Å². The van der Waals surface area contributed by atoms with Crippen molar-refractivity contribution in [2.75, 3.05) is 13.6 Å². The van der Waals surface area contributed by atoms with Crippen LogP contribution in [0.15, 0.2) is 30.3 Å². The molecule has 0 radical (unpaired) electrons. The first kappa shape index (κ1) is 13.1. The molecule has 1 aromatic carbocycles. The number of amides is 1. The van der Waals surface area contributed by atoms with Crippen LogP contribution in [0.25, 0.3) is 0 Å². The van der Waals surface area contributed by atoms with Crippen LogP contribution in [0.4, 0.5) is 0 Å². The molecule has 0 spiro atoms. The van der Waals surface area contributed by atoms with Gasteiger partial charge in [-0.1, -0.05) is 30.3 Å². The fraction of sp³-hybridized carbons (Fsp3) is 0.533. The molecule has 18 heavy (non-hydrogen) atoms. The Morgan fingerprint density at radius 2 is 2.17 bits per heavy atom. The number of benzene rings is 1. The SMILES string of the molecule is CNC(=O)CC1(c2ccccc2)CCNC(C)C1. The maximum atomic E-state index is 11.8. The van der Waals surface area contributed by atoms with Crippen LogP contribution >= 0.6 is 0 Å². The molecule has 2 rings (SSSR count). The maximum Gasteiger partial charge on any atom is 0.220 e. The number of piperidine rings is 1. The summed E-state index contributed by atoms with van der Waals surface area (Å²) in [7, 11) is 1.71. The van der Waals surface area contributed by atoms with Crippen molar-refractivity contribution in [2.45, 2.75) is 37.6 Å². The zero-order valence-corrected chi connectivity index (χ0v) is 11.2. The van der Waals surface area contributed by atoms with Gasteiger partial charge in [0.05, 0.1) is 0 Å². The highest BCUT2D eigenvalue weighted by Gasteiger charge is 2.37. The summed E-state index contributed by atoms with van der Waals surface area (Å²) in [4.78, 5) is 11.8. The zero-order valence-electron chi connectivity index (χ0n) is 11.2. The fourth-order valence-corrected chi connectivity index (χ4v) is 3.03. The molecule has 1 aliphatic heterocycles. The van der Waals surface area contributed by atoms with Gasteiger partial charge >= 0.3 is 0 Å². The van der Waals surface area contributed by atoms with Crippen LogP contribution in [-0.4, -0.2) is 25.5 Å². The molecule has 0 saturated carbocycles. The lowest BCUT2D eigenvalue weighted by molar-refractivity contribution is -0.122. The molecule has 1 heterocycles. The van der Waals surface area contributed by atoms with Crippen LogP contribution in [0.3, 0.4) is 0 Å². The van der Waals surface area contributed by atoms with Crippen molar-refractivity contribution < 1.29 is 4.79 Å². The quantitative estimate of drug-likeness (QED) is 0.854.